The summed E-state index contributed by atoms with van der Waals surface area (Å²) in [6.45, 7) is 2.84. The van der Waals surface area contributed by atoms with Crippen LogP contribution in [0.4, 0.5) is 0 Å². The van der Waals surface area contributed by atoms with Gasteiger partial charge in [0.05, 0.1) is 19.1 Å². The van der Waals surface area contributed by atoms with Crippen LogP contribution >= 0.6 is 11.6 Å². The number of nitrogens with zero attached hydrogens (tertiary/aromatic N) is 1. The van der Waals surface area contributed by atoms with Crippen molar-refractivity contribution >= 4 is 17.6 Å². The van der Waals surface area contributed by atoms with Gasteiger partial charge in [-0.1, -0.05) is 17.7 Å². The van der Waals surface area contributed by atoms with Crippen LogP contribution in [-0.2, 0) is 9.53 Å². The van der Waals surface area contributed by atoms with E-state index in [0.29, 0.717) is 13.2 Å². The molecular formula is C9H14ClNO3. The van der Waals surface area contributed by atoms with Gasteiger partial charge in [0.15, 0.2) is 0 Å². The number of morpholine rings is 1. The zero-order valence-corrected chi connectivity index (χ0v) is 8.61. The minimum absolute atomic E-state index is 0.0705. The average Bonchev–Trinajstić information content (AvgIpc) is 2.14. The quantitative estimate of drug-likeness (QED) is 0.764. The Morgan fingerprint density at radius 1 is 1.71 bits per heavy atom. The molecule has 0 aliphatic carbocycles. The molecule has 14 heavy (non-hydrogen) atoms. The summed E-state index contributed by atoms with van der Waals surface area (Å²) < 4.78 is 5.32. The van der Waals surface area contributed by atoms with Gasteiger partial charge in [-0.25, -0.2) is 0 Å². The molecule has 1 N–H and O–H groups in total. The van der Waals surface area contributed by atoms with E-state index in [-0.39, 0.29) is 12.5 Å². The van der Waals surface area contributed by atoms with Crippen molar-refractivity contribution in [2.45, 2.75) is 12.5 Å². The number of ether oxygens (including phenoxy) is 1. The van der Waals surface area contributed by atoms with Crippen LogP contribution in [0.1, 0.15) is 6.42 Å². The Kier molecular flexibility index (Phi) is 4.93. The average molecular weight is 220 g/mol. The number of carbonyl (C=O) groups is 1. The van der Waals surface area contributed by atoms with E-state index in [0.717, 1.165) is 13.1 Å². The molecule has 1 saturated heterocycles. The standard InChI is InChI=1S/C9H14ClNO3/c10-2-1-3-11-4-5-14-8(7-11)6-9(12)13/h1-2,8H,3-7H2,(H,12,13). The minimum atomic E-state index is -0.815. The van der Waals surface area contributed by atoms with Crippen molar-refractivity contribution in [3.63, 3.8) is 0 Å². The molecule has 1 atom stereocenters. The van der Waals surface area contributed by atoms with Gasteiger partial charge in [-0.05, 0) is 0 Å². The Labute approximate surface area is 88.1 Å². The van der Waals surface area contributed by atoms with Gasteiger partial charge in [-0.2, -0.15) is 0 Å². The number of hydrogen-bond acceptors (Lipinski definition) is 3. The van der Waals surface area contributed by atoms with E-state index >= 15 is 0 Å². The predicted octanol–water partition coefficient (Wildman–Crippen LogP) is 0.914. The Morgan fingerprint density at radius 2 is 2.50 bits per heavy atom. The summed E-state index contributed by atoms with van der Waals surface area (Å²) in [5.74, 6) is -0.815. The molecular weight excluding hydrogens is 206 g/mol. The molecule has 0 radical (unpaired) electrons. The first-order chi connectivity index (χ1) is 6.72. The molecule has 1 aliphatic heterocycles. The van der Waals surface area contributed by atoms with E-state index in [9.17, 15) is 4.79 Å². The lowest BCUT2D eigenvalue weighted by molar-refractivity contribution is -0.142. The van der Waals surface area contributed by atoms with Crippen LogP contribution in [-0.4, -0.2) is 48.3 Å². The van der Waals surface area contributed by atoms with Crippen LogP contribution in [0, 0.1) is 0 Å². The summed E-state index contributed by atoms with van der Waals surface area (Å²) in [5, 5.41) is 8.59. The maximum atomic E-state index is 10.5. The summed E-state index contributed by atoms with van der Waals surface area (Å²) in [6.07, 6.45) is 1.72. The first-order valence-electron chi connectivity index (χ1n) is 4.53. The summed E-state index contributed by atoms with van der Waals surface area (Å²) in [6, 6.07) is 0. The number of hydrogen-bond donors (Lipinski definition) is 1. The highest BCUT2D eigenvalue weighted by molar-refractivity contribution is 6.25. The van der Waals surface area contributed by atoms with E-state index in [1.807, 2.05) is 6.08 Å². The van der Waals surface area contributed by atoms with Gasteiger partial charge >= 0.3 is 5.97 Å². The molecule has 0 aromatic heterocycles. The maximum absolute atomic E-state index is 10.5. The molecule has 1 heterocycles. The molecule has 1 unspecified atom stereocenters. The summed E-state index contributed by atoms with van der Waals surface area (Å²) in [7, 11) is 0. The Hall–Kier alpha value is -0.580. The van der Waals surface area contributed by atoms with E-state index in [1.165, 1.54) is 5.54 Å². The first kappa shape index (κ1) is 11.5. The van der Waals surface area contributed by atoms with Crippen LogP contribution in [0.15, 0.2) is 11.6 Å². The highest BCUT2D eigenvalue weighted by Crippen LogP contribution is 2.08. The molecule has 1 rings (SSSR count). The second kappa shape index (κ2) is 6.01. The molecule has 0 bridgehead atoms. The third-order valence-electron chi connectivity index (χ3n) is 2.08. The third-order valence-corrected chi connectivity index (χ3v) is 2.26. The van der Waals surface area contributed by atoms with Crippen molar-refractivity contribution in [1.29, 1.82) is 0 Å². The molecule has 0 saturated carbocycles. The van der Waals surface area contributed by atoms with Crippen LogP contribution in [0.2, 0.25) is 0 Å². The monoisotopic (exact) mass is 219 g/mol. The third kappa shape index (κ3) is 4.09. The smallest absolute Gasteiger partial charge is 0.306 e. The molecule has 5 heteroatoms. The number of halogens is 1. The van der Waals surface area contributed by atoms with Crippen molar-refractivity contribution in [2.24, 2.45) is 0 Å². The zero-order chi connectivity index (χ0) is 10.4. The fraction of sp³-hybridized carbons (Fsp3) is 0.667. The Balaban J connectivity index is 2.31. The van der Waals surface area contributed by atoms with E-state index in [2.05, 4.69) is 4.90 Å². The van der Waals surface area contributed by atoms with E-state index in [1.54, 1.807) is 0 Å². The zero-order valence-electron chi connectivity index (χ0n) is 7.86. The number of carboxylic acid groups (broad SMARTS) is 1. The van der Waals surface area contributed by atoms with Crippen LogP contribution < -0.4 is 0 Å². The second-order valence-corrected chi connectivity index (χ2v) is 3.46. The SMILES string of the molecule is O=C(O)CC1CN(CC=CCl)CCO1. The summed E-state index contributed by atoms with van der Waals surface area (Å²) in [4.78, 5) is 12.6. The first-order valence-corrected chi connectivity index (χ1v) is 4.97. The summed E-state index contributed by atoms with van der Waals surface area (Å²) in [5.41, 5.74) is 1.47. The van der Waals surface area contributed by atoms with Crippen LogP contribution in [0.3, 0.4) is 0 Å². The molecule has 80 valence electrons. The van der Waals surface area contributed by atoms with Crippen molar-refractivity contribution < 1.29 is 14.6 Å². The molecule has 0 spiro atoms. The predicted molar refractivity (Wildman–Crippen MR) is 53.4 cm³/mol. The molecule has 4 nitrogen and oxygen atoms in total. The highest BCUT2D eigenvalue weighted by Gasteiger charge is 2.21. The van der Waals surface area contributed by atoms with E-state index < -0.39 is 5.97 Å². The van der Waals surface area contributed by atoms with Gasteiger partial charge in [0, 0.05) is 25.2 Å². The number of carboxylic acids is 1. The van der Waals surface area contributed by atoms with Crippen LogP contribution in [0.25, 0.3) is 0 Å². The Morgan fingerprint density at radius 3 is 3.14 bits per heavy atom. The van der Waals surface area contributed by atoms with Crippen molar-refractivity contribution in [3.8, 4) is 0 Å². The maximum Gasteiger partial charge on any atom is 0.306 e. The molecule has 0 amide bonds. The molecule has 0 aromatic carbocycles. The number of aliphatic carboxylic acids is 1. The van der Waals surface area contributed by atoms with Gasteiger partial charge in [-0.15, -0.1) is 0 Å². The fourth-order valence-electron chi connectivity index (χ4n) is 1.45. The van der Waals surface area contributed by atoms with Gasteiger partial charge < -0.3 is 9.84 Å². The highest BCUT2D eigenvalue weighted by atomic mass is 35.5. The lowest BCUT2D eigenvalue weighted by Gasteiger charge is -2.31. The lowest BCUT2D eigenvalue weighted by Crippen LogP contribution is -2.43. The van der Waals surface area contributed by atoms with E-state index in [4.69, 9.17) is 21.4 Å². The topological polar surface area (TPSA) is 49.8 Å². The minimum Gasteiger partial charge on any atom is -0.481 e. The van der Waals surface area contributed by atoms with Gasteiger partial charge in [-0.3, -0.25) is 9.69 Å². The van der Waals surface area contributed by atoms with Gasteiger partial charge in [0.25, 0.3) is 0 Å². The Bertz CT molecular complexity index is 220. The molecule has 1 aliphatic rings. The fourth-order valence-corrected chi connectivity index (χ4v) is 1.53. The van der Waals surface area contributed by atoms with Gasteiger partial charge in [0.1, 0.15) is 0 Å². The molecule has 1 fully saturated rings. The van der Waals surface area contributed by atoms with Gasteiger partial charge in [0.2, 0.25) is 0 Å². The second-order valence-electron chi connectivity index (χ2n) is 3.21. The molecule has 0 aromatic rings. The van der Waals surface area contributed by atoms with Crippen molar-refractivity contribution in [2.75, 3.05) is 26.2 Å². The normalized spacial score (nSPS) is 24.2. The lowest BCUT2D eigenvalue weighted by atomic mass is 10.2. The largest absolute Gasteiger partial charge is 0.481 e. The summed E-state index contributed by atoms with van der Waals surface area (Å²) >= 11 is 5.41. The van der Waals surface area contributed by atoms with Crippen molar-refractivity contribution in [3.05, 3.63) is 11.6 Å². The number of rotatable bonds is 4. The van der Waals surface area contributed by atoms with Crippen LogP contribution in [0.5, 0.6) is 0 Å². The van der Waals surface area contributed by atoms with Crippen molar-refractivity contribution in [1.82, 2.24) is 4.90 Å².